The molecule has 0 amide bonds. The molecule has 84 valence electrons. The van der Waals surface area contributed by atoms with E-state index >= 15 is 0 Å². The summed E-state index contributed by atoms with van der Waals surface area (Å²) in [5.74, 6) is 1.34. The Labute approximate surface area is 110 Å². The largest absolute Gasteiger partial charge is 0.236 e. The van der Waals surface area contributed by atoms with Gasteiger partial charge in [-0.25, -0.2) is 9.97 Å². The van der Waals surface area contributed by atoms with Crippen LogP contribution in [0.15, 0.2) is 0 Å². The maximum Gasteiger partial charge on any atom is 0.146 e. The zero-order valence-electron chi connectivity index (χ0n) is 9.35. The average Bonchev–Trinajstić information content (AvgIpc) is 2.24. The van der Waals surface area contributed by atoms with Crippen molar-refractivity contribution in [3.05, 3.63) is 20.2 Å². The molecule has 0 radical (unpaired) electrons. The predicted molar refractivity (Wildman–Crippen MR) is 72.5 cm³/mol. The van der Waals surface area contributed by atoms with E-state index in [4.69, 9.17) is 11.6 Å². The van der Waals surface area contributed by atoms with Crippen LogP contribution in [0.1, 0.15) is 51.0 Å². The van der Waals surface area contributed by atoms with E-state index in [0.29, 0.717) is 11.1 Å². The van der Waals surface area contributed by atoms with Crippen LogP contribution in [0, 0.1) is 3.57 Å². The van der Waals surface area contributed by atoms with Crippen molar-refractivity contribution in [3.63, 3.8) is 0 Å². The maximum absolute atomic E-state index is 6.10. The summed E-state index contributed by atoms with van der Waals surface area (Å²) in [4.78, 5) is 8.96. The Bertz CT molecular complexity index is 338. The van der Waals surface area contributed by atoms with Crippen molar-refractivity contribution >= 4 is 34.2 Å². The Morgan fingerprint density at radius 3 is 2.27 bits per heavy atom. The van der Waals surface area contributed by atoms with Crippen LogP contribution in [-0.4, -0.2) is 9.97 Å². The van der Waals surface area contributed by atoms with Gasteiger partial charge in [0.05, 0.1) is 9.26 Å². The van der Waals surface area contributed by atoms with Gasteiger partial charge >= 0.3 is 0 Å². The van der Waals surface area contributed by atoms with Gasteiger partial charge in [-0.1, -0.05) is 32.4 Å². The molecule has 0 saturated carbocycles. The van der Waals surface area contributed by atoms with Crippen molar-refractivity contribution < 1.29 is 0 Å². The summed E-state index contributed by atoms with van der Waals surface area (Å²) in [6, 6.07) is 0. The molecular formula is C11H16ClIN2. The molecule has 0 aliphatic carbocycles. The van der Waals surface area contributed by atoms with Gasteiger partial charge in [0, 0.05) is 5.92 Å². The first-order valence-electron chi connectivity index (χ1n) is 5.35. The fourth-order valence-corrected chi connectivity index (χ4v) is 2.37. The normalized spacial score (nSPS) is 11.1. The van der Waals surface area contributed by atoms with Gasteiger partial charge in [-0.3, -0.25) is 0 Å². The Morgan fingerprint density at radius 1 is 1.20 bits per heavy atom. The van der Waals surface area contributed by atoms with Gasteiger partial charge in [-0.2, -0.15) is 0 Å². The Balaban J connectivity index is 3.15. The van der Waals surface area contributed by atoms with Crippen LogP contribution >= 0.6 is 34.2 Å². The molecule has 0 aromatic carbocycles. The summed E-state index contributed by atoms with van der Waals surface area (Å²) < 4.78 is 0.992. The smallest absolute Gasteiger partial charge is 0.146 e. The average molecular weight is 339 g/mol. The zero-order valence-corrected chi connectivity index (χ0v) is 12.3. The first kappa shape index (κ1) is 13.2. The number of aryl methyl sites for hydroxylation is 1. The fourth-order valence-electron chi connectivity index (χ4n) is 1.55. The highest BCUT2D eigenvalue weighted by molar-refractivity contribution is 14.1. The molecule has 0 unspecified atom stereocenters. The van der Waals surface area contributed by atoms with E-state index in [2.05, 4.69) is 53.3 Å². The maximum atomic E-state index is 6.10. The molecule has 15 heavy (non-hydrogen) atoms. The molecular weight excluding hydrogens is 322 g/mol. The van der Waals surface area contributed by atoms with E-state index in [9.17, 15) is 0 Å². The number of nitrogens with zero attached hydrogens (tertiary/aromatic N) is 2. The SMILES string of the molecule is CCc1nc(C(CC)CC)nc(Cl)c1I. The van der Waals surface area contributed by atoms with Crippen LogP contribution in [-0.2, 0) is 6.42 Å². The molecule has 0 aliphatic rings. The molecule has 0 fully saturated rings. The summed E-state index contributed by atoms with van der Waals surface area (Å²) in [7, 11) is 0. The van der Waals surface area contributed by atoms with E-state index in [0.717, 1.165) is 34.4 Å². The first-order chi connectivity index (χ1) is 7.13. The van der Waals surface area contributed by atoms with E-state index in [1.807, 2.05) is 0 Å². The topological polar surface area (TPSA) is 25.8 Å². The number of hydrogen-bond acceptors (Lipinski definition) is 2. The van der Waals surface area contributed by atoms with Gasteiger partial charge < -0.3 is 0 Å². The molecule has 1 aromatic heterocycles. The number of rotatable bonds is 4. The first-order valence-corrected chi connectivity index (χ1v) is 6.81. The van der Waals surface area contributed by atoms with Crippen LogP contribution in [0.2, 0.25) is 5.15 Å². The molecule has 4 heteroatoms. The fraction of sp³-hybridized carbons (Fsp3) is 0.636. The lowest BCUT2D eigenvalue weighted by Gasteiger charge is -2.13. The summed E-state index contributed by atoms with van der Waals surface area (Å²) in [6.07, 6.45) is 3.04. The predicted octanol–water partition coefficient (Wildman–Crippen LogP) is 4.20. The van der Waals surface area contributed by atoms with Crippen molar-refractivity contribution in [2.24, 2.45) is 0 Å². The van der Waals surface area contributed by atoms with Crippen LogP contribution in [0.3, 0.4) is 0 Å². The molecule has 1 heterocycles. The second-order valence-corrected chi connectivity index (χ2v) is 4.94. The second-order valence-electron chi connectivity index (χ2n) is 3.50. The van der Waals surface area contributed by atoms with Gasteiger partial charge in [-0.15, -0.1) is 0 Å². The minimum Gasteiger partial charge on any atom is -0.236 e. The summed E-state index contributed by atoms with van der Waals surface area (Å²) in [6.45, 7) is 6.42. The van der Waals surface area contributed by atoms with Gasteiger partial charge in [0.25, 0.3) is 0 Å². The van der Waals surface area contributed by atoms with Crippen LogP contribution < -0.4 is 0 Å². The number of halogens is 2. The minimum absolute atomic E-state index is 0.435. The monoisotopic (exact) mass is 338 g/mol. The Hall–Kier alpha value is 0.100. The van der Waals surface area contributed by atoms with Gasteiger partial charge in [0.2, 0.25) is 0 Å². The highest BCUT2D eigenvalue weighted by Crippen LogP contribution is 2.25. The summed E-state index contributed by atoms with van der Waals surface area (Å²) >= 11 is 8.31. The molecule has 1 rings (SSSR count). The van der Waals surface area contributed by atoms with Gasteiger partial charge in [-0.05, 0) is 41.9 Å². The highest BCUT2D eigenvalue weighted by Gasteiger charge is 2.15. The Morgan fingerprint density at radius 2 is 1.80 bits per heavy atom. The molecule has 0 aliphatic heterocycles. The molecule has 0 bridgehead atoms. The van der Waals surface area contributed by atoms with E-state index < -0.39 is 0 Å². The van der Waals surface area contributed by atoms with Crippen molar-refractivity contribution in [2.75, 3.05) is 0 Å². The lowest BCUT2D eigenvalue weighted by molar-refractivity contribution is 0.597. The third-order valence-electron chi connectivity index (χ3n) is 2.58. The van der Waals surface area contributed by atoms with Crippen molar-refractivity contribution in [3.8, 4) is 0 Å². The Kier molecular flexibility index (Phi) is 5.26. The molecule has 0 N–H and O–H groups in total. The number of aromatic nitrogens is 2. The van der Waals surface area contributed by atoms with Crippen LogP contribution in [0.5, 0.6) is 0 Å². The lowest BCUT2D eigenvalue weighted by Crippen LogP contribution is -2.07. The number of hydrogen-bond donors (Lipinski definition) is 0. The van der Waals surface area contributed by atoms with Crippen LogP contribution in [0.4, 0.5) is 0 Å². The molecule has 0 spiro atoms. The van der Waals surface area contributed by atoms with Crippen molar-refractivity contribution in [1.29, 1.82) is 0 Å². The highest BCUT2D eigenvalue weighted by atomic mass is 127. The summed E-state index contributed by atoms with van der Waals surface area (Å²) in [5, 5.41) is 0.601. The van der Waals surface area contributed by atoms with Gasteiger partial charge in [0.15, 0.2) is 0 Å². The van der Waals surface area contributed by atoms with E-state index in [-0.39, 0.29) is 0 Å². The third kappa shape index (κ3) is 3.03. The van der Waals surface area contributed by atoms with Crippen molar-refractivity contribution in [2.45, 2.75) is 46.0 Å². The minimum atomic E-state index is 0.435. The standard InChI is InChI=1S/C11H16ClIN2/c1-4-7(5-2)11-14-8(6-3)9(13)10(12)15-11/h7H,4-6H2,1-3H3. The van der Waals surface area contributed by atoms with Crippen LogP contribution in [0.25, 0.3) is 0 Å². The lowest BCUT2D eigenvalue weighted by atomic mass is 10.0. The molecule has 0 saturated heterocycles. The van der Waals surface area contributed by atoms with Gasteiger partial charge in [0.1, 0.15) is 11.0 Å². The van der Waals surface area contributed by atoms with E-state index in [1.165, 1.54) is 0 Å². The second kappa shape index (κ2) is 5.99. The molecule has 1 aromatic rings. The summed E-state index contributed by atoms with van der Waals surface area (Å²) in [5.41, 5.74) is 1.07. The third-order valence-corrected chi connectivity index (χ3v) is 4.31. The van der Waals surface area contributed by atoms with Crippen molar-refractivity contribution in [1.82, 2.24) is 9.97 Å². The molecule has 0 atom stereocenters. The zero-order chi connectivity index (χ0) is 11.4. The quantitative estimate of drug-likeness (QED) is 0.607. The molecule has 2 nitrogen and oxygen atoms in total. The van der Waals surface area contributed by atoms with E-state index in [1.54, 1.807) is 0 Å².